The van der Waals surface area contributed by atoms with E-state index in [4.69, 9.17) is 0 Å². The van der Waals surface area contributed by atoms with Crippen molar-refractivity contribution >= 4 is 14.2 Å². The van der Waals surface area contributed by atoms with Gasteiger partial charge in [-0.2, -0.15) is 0 Å². The summed E-state index contributed by atoms with van der Waals surface area (Å²) in [6.45, 7) is 0. The maximum Gasteiger partial charge on any atom is 0 e. The Kier molecular flexibility index (Phi) is 151. The summed E-state index contributed by atoms with van der Waals surface area (Å²) in [7, 11) is 6.19. The molecule has 20 valence electrons. The zero-order valence-corrected chi connectivity index (χ0v) is 18.8. The molecule has 0 aliphatic rings. The molecule has 6 heavy (non-hydrogen) atoms. The Bertz CT molecular complexity index is 10.8. The van der Waals surface area contributed by atoms with Gasteiger partial charge in [-0.25, -0.2) is 0 Å². The molecule has 0 aromatic rings. The molecule has 0 aliphatic heterocycles. The van der Waals surface area contributed by atoms with Crippen molar-refractivity contribution in [1.29, 1.82) is 0 Å². The SMILES string of the molecule is [Cd].[PH]=[Zn].[PH]=[Zn].[Zn]. The number of hydrogen-bond donors (Lipinski definition) is 0. The van der Waals surface area contributed by atoms with E-state index in [2.05, 4.69) is 14.2 Å². The van der Waals surface area contributed by atoms with E-state index in [1.165, 1.54) is 34.7 Å². The van der Waals surface area contributed by atoms with Gasteiger partial charge in [0.15, 0.2) is 0 Å². The third-order valence-electron chi connectivity index (χ3n) is 0. The van der Waals surface area contributed by atoms with Crippen LogP contribution in [-0.4, -0.2) is 0 Å². The van der Waals surface area contributed by atoms with Crippen LogP contribution in [0.2, 0.25) is 0 Å². The van der Waals surface area contributed by atoms with Gasteiger partial charge >= 0.3 is 48.9 Å². The van der Waals surface area contributed by atoms with Crippen LogP contribution in [0.4, 0.5) is 0 Å². The molecule has 0 rings (SSSR count). The summed E-state index contributed by atoms with van der Waals surface area (Å²) < 4.78 is 0. The summed E-state index contributed by atoms with van der Waals surface area (Å²) in [4.78, 5) is 0. The van der Waals surface area contributed by atoms with E-state index in [1.807, 2.05) is 0 Å². The van der Waals surface area contributed by atoms with Crippen LogP contribution in [0.1, 0.15) is 0 Å². The fraction of sp³-hybridized carbons (Fsp3) is 0. The van der Waals surface area contributed by atoms with Gasteiger partial charge < -0.3 is 0 Å². The third kappa shape index (κ3) is 26.2. The molecular formula is H2CdP2Zn3. The Hall–Kier alpha value is 3.39. The molecule has 0 aromatic heterocycles. The molecule has 0 atom stereocenters. The fourth-order valence-electron chi connectivity index (χ4n) is 0. The molecule has 0 aromatic carbocycles. The van der Waals surface area contributed by atoms with Crippen molar-refractivity contribution in [2.75, 3.05) is 0 Å². The second kappa shape index (κ2) is 39.9. The first-order valence-corrected chi connectivity index (χ1v) is 11.0. The van der Waals surface area contributed by atoms with Crippen LogP contribution in [0.25, 0.3) is 0 Å². The van der Waals surface area contributed by atoms with Crippen LogP contribution in [0.15, 0.2) is 0 Å². The topological polar surface area (TPSA) is 0 Å². The standard InChI is InChI=1S/Cd.2HP.3Zn/h;2*1H;;;. The van der Waals surface area contributed by atoms with Gasteiger partial charge in [0, 0.05) is 46.8 Å². The summed E-state index contributed by atoms with van der Waals surface area (Å²) in [5.41, 5.74) is 0. The molecule has 0 saturated carbocycles. The second-order valence-electron chi connectivity index (χ2n) is 0. The first-order chi connectivity index (χ1) is 2.00. The Morgan fingerprint density at radius 3 is 0.833 bits per heavy atom. The molecule has 0 unspecified atom stereocenters. The van der Waals surface area contributed by atoms with Gasteiger partial charge in [0.05, 0.1) is 0 Å². The van der Waals surface area contributed by atoms with E-state index in [-0.39, 0.29) is 46.8 Å². The van der Waals surface area contributed by atoms with Crippen LogP contribution < -0.4 is 0 Å². The predicted octanol–water partition coefficient (Wildman–Crippen LogP) is 1.18. The maximum absolute atomic E-state index is 3.10. The van der Waals surface area contributed by atoms with Crippen molar-refractivity contribution < 1.29 is 81.4 Å². The minimum atomic E-state index is 0. The normalized spacial score (nSPS) is 2.00. The average molecular weight is 373 g/mol. The van der Waals surface area contributed by atoms with Crippen LogP contribution in [0.3, 0.4) is 0 Å². The van der Waals surface area contributed by atoms with Crippen molar-refractivity contribution in [3.8, 4) is 0 Å². The molecule has 0 fully saturated rings. The van der Waals surface area contributed by atoms with Crippen LogP contribution in [-0.2, 0) is 81.4 Å². The monoisotopic (exact) mass is 370 g/mol. The van der Waals surface area contributed by atoms with Crippen molar-refractivity contribution in [2.45, 2.75) is 0 Å². The van der Waals surface area contributed by atoms with E-state index < -0.39 is 0 Å². The smallest absolute Gasteiger partial charge is 0 e. The average Bonchev–Trinajstić information content (AvgIpc) is 1.50. The van der Waals surface area contributed by atoms with Gasteiger partial charge in [-0.05, 0) is 0 Å². The second-order valence-corrected chi connectivity index (χ2v) is 0. The Labute approximate surface area is 93.9 Å². The van der Waals surface area contributed by atoms with Crippen LogP contribution in [0, 0.1) is 0 Å². The van der Waals surface area contributed by atoms with Crippen LogP contribution >= 0.6 is 14.2 Å². The zero-order chi connectivity index (χ0) is 4.00. The molecule has 0 N–H and O–H groups in total. The molecular weight excluding hydrogens is 371 g/mol. The fourth-order valence-corrected chi connectivity index (χ4v) is 0. The minimum absolute atomic E-state index is 0. The number of rotatable bonds is 0. The first-order valence-electron chi connectivity index (χ1n) is 0.707. The van der Waals surface area contributed by atoms with E-state index >= 15 is 0 Å². The molecule has 0 aliphatic carbocycles. The molecule has 0 nitrogen and oxygen atoms in total. The van der Waals surface area contributed by atoms with Gasteiger partial charge in [-0.3, -0.25) is 0 Å². The van der Waals surface area contributed by atoms with Crippen molar-refractivity contribution in [3.63, 3.8) is 0 Å². The van der Waals surface area contributed by atoms with Gasteiger partial charge in [0.25, 0.3) is 0 Å². The minimum Gasteiger partial charge on any atom is 0 e. The van der Waals surface area contributed by atoms with Gasteiger partial charge in [0.2, 0.25) is 0 Å². The van der Waals surface area contributed by atoms with Crippen LogP contribution in [0.5, 0.6) is 0 Å². The third-order valence-corrected chi connectivity index (χ3v) is 0. The molecule has 6 heteroatoms. The Morgan fingerprint density at radius 2 is 0.833 bits per heavy atom. The summed E-state index contributed by atoms with van der Waals surface area (Å²) in [6, 6.07) is 0. The first kappa shape index (κ1) is 22.8. The van der Waals surface area contributed by atoms with E-state index in [0.717, 1.165) is 0 Å². The summed E-state index contributed by atoms with van der Waals surface area (Å²) in [5.74, 6) is 0. The van der Waals surface area contributed by atoms with Crippen molar-refractivity contribution in [2.24, 2.45) is 0 Å². The summed E-state index contributed by atoms with van der Waals surface area (Å²) in [5, 5.41) is 0. The Balaban J connectivity index is -0.00000000500. The molecule has 0 amide bonds. The zero-order valence-electron chi connectivity index (χ0n) is 3.83. The van der Waals surface area contributed by atoms with Crippen molar-refractivity contribution in [1.82, 2.24) is 0 Å². The molecule has 0 bridgehead atoms. The molecule has 0 radical (unpaired) electrons. The van der Waals surface area contributed by atoms with E-state index in [1.54, 1.807) is 0 Å². The number of hydrogen-bond acceptors (Lipinski definition) is 0. The van der Waals surface area contributed by atoms with Crippen molar-refractivity contribution in [3.05, 3.63) is 0 Å². The molecule has 0 spiro atoms. The maximum atomic E-state index is 3.10. The quantitative estimate of drug-likeness (QED) is 0.442. The van der Waals surface area contributed by atoms with E-state index in [0.29, 0.717) is 0 Å². The Morgan fingerprint density at radius 1 is 0.833 bits per heavy atom. The van der Waals surface area contributed by atoms with E-state index in [9.17, 15) is 0 Å². The predicted molar refractivity (Wildman–Crippen MR) is 16.6 cm³/mol. The molecule has 0 saturated heterocycles. The van der Waals surface area contributed by atoms with Gasteiger partial charge in [-0.15, -0.1) is 0 Å². The van der Waals surface area contributed by atoms with Gasteiger partial charge in [-0.1, -0.05) is 0 Å². The van der Waals surface area contributed by atoms with Gasteiger partial charge in [0.1, 0.15) is 0 Å². The summed E-state index contributed by atoms with van der Waals surface area (Å²) >= 11 is 2.36. The summed E-state index contributed by atoms with van der Waals surface area (Å²) in [6.07, 6.45) is 0. The largest absolute Gasteiger partial charge is 0 e. The molecule has 0 heterocycles.